The molecule has 0 spiro atoms. The fourth-order valence-corrected chi connectivity index (χ4v) is 3.41. The number of rotatable bonds is 8. The quantitative estimate of drug-likeness (QED) is 0.527. The van der Waals surface area contributed by atoms with E-state index in [4.69, 9.17) is 0 Å². The van der Waals surface area contributed by atoms with Crippen LogP contribution in [0.3, 0.4) is 0 Å². The normalized spacial score (nSPS) is 13.0. The predicted molar refractivity (Wildman–Crippen MR) is 112 cm³/mol. The molecular weight excluding hydrogens is 386 g/mol. The smallest absolute Gasteiger partial charge is 0.330 e. The summed E-state index contributed by atoms with van der Waals surface area (Å²) in [6, 6.07) is 12.4. The van der Waals surface area contributed by atoms with Crippen LogP contribution in [0.2, 0.25) is 0 Å². The molecule has 3 N–H and O–H groups in total. The number of carbonyl (C=O) groups excluding carboxylic acids is 1. The van der Waals surface area contributed by atoms with Gasteiger partial charge < -0.3 is 15.4 Å². The van der Waals surface area contributed by atoms with Crippen LogP contribution in [-0.2, 0) is 9.59 Å². The molecule has 2 aromatic carbocycles. The highest BCUT2D eigenvalue weighted by Gasteiger charge is 2.29. The second-order valence-corrected chi connectivity index (χ2v) is 7.00. The van der Waals surface area contributed by atoms with Crippen molar-refractivity contribution in [1.82, 2.24) is 14.9 Å². The first-order valence-corrected chi connectivity index (χ1v) is 9.75. The number of hydrogen-bond acceptors (Lipinski definition) is 4. The van der Waals surface area contributed by atoms with Crippen LogP contribution >= 0.6 is 0 Å². The number of carbonyl (C=O) groups is 2. The minimum atomic E-state index is -1.29. The summed E-state index contributed by atoms with van der Waals surface area (Å²) in [6.45, 7) is 1.92. The molecule has 2 atom stereocenters. The number of fused-ring (bicyclic) bond motifs is 1. The predicted octanol–water partition coefficient (Wildman–Crippen LogP) is 2.36. The molecule has 1 amide bonds. The number of nitrogens with one attached hydrogen (secondary N) is 2. The van der Waals surface area contributed by atoms with Crippen molar-refractivity contribution in [3.8, 4) is 0 Å². The summed E-state index contributed by atoms with van der Waals surface area (Å²) in [5, 5.41) is 12.4. The van der Waals surface area contributed by atoms with Gasteiger partial charge in [0.2, 0.25) is 5.91 Å². The van der Waals surface area contributed by atoms with E-state index in [1.807, 2.05) is 6.92 Å². The first-order chi connectivity index (χ1) is 14.4. The Morgan fingerprint density at radius 2 is 1.73 bits per heavy atom. The number of hydrogen-bond donors (Lipinski definition) is 3. The monoisotopic (exact) mass is 409 g/mol. The fraction of sp³-hybridized carbons (Fsp3) is 0.273. The SMILES string of the molecule is CCCCC(C(=O)NC(C(=O)O)c1ccccc1)n1c(=O)[nH]c2ccccc2c1=O. The molecule has 0 radical (unpaired) electrons. The Hall–Kier alpha value is -3.68. The standard InChI is InChI=1S/C22H23N3O5/c1-2-3-13-17(19(26)24-18(21(28)29)14-9-5-4-6-10-14)25-20(27)15-11-7-8-12-16(15)23-22(25)30/h4-12,17-18H,2-3,13H2,1H3,(H,23,30)(H,24,26)(H,28,29). The van der Waals surface area contributed by atoms with Crippen LogP contribution in [-0.4, -0.2) is 26.5 Å². The van der Waals surface area contributed by atoms with E-state index in [1.165, 1.54) is 0 Å². The zero-order valence-electron chi connectivity index (χ0n) is 16.5. The molecule has 156 valence electrons. The first-order valence-electron chi connectivity index (χ1n) is 9.75. The van der Waals surface area contributed by atoms with E-state index in [1.54, 1.807) is 54.6 Å². The maximum atomic E-state index is 13.1. The maximum Gasteiger partial charge on any atom is 0.330 e. The van der Waals surface area contributed by atoms with Crippen molar-refractivity contribution >= 4 is 22.8 Å². The Morgan fingerprint density at radius 3 is 2.40 bits per heavy atom. The number of aliphatic carboxylic acids is 1. The second-order valence-electron chi connectivity index (χ2n) is 7.00. The van der Waals surface area contributed by atoms with Crippen molar-refractivity contribution in [2.45, 2.75) is 38.3 Å². The molecule has 0 saturated carbocycles. The van der Waals surface area contributed by atoms with Crippen LogP contribution in [0.1, 0.15) is 43.8 Å². The number of H-pyrrole nitrogens is 1. The molecule has 0 aliphatic rings. The lowest BCUT2D eigenvalue weighted by molar-refractivity contribution is -0.142. The molecule has 0 aliphatic heterocycles. The molecule has 0 fully saturated rings. The van der Waals surface area contributed by atoms with Crippen LogP contribution in [0.15, 0.2) is 64.2 Å². The number of benzene rings is 2. The van der Waals surface area contributed by atoms with E-state index in [9.17, 15) is 24.3 Å². The van der Waals surface area contributed by atoms with Gasteiger partial charge in [-0.15, -0.1) is 0 Å². The van der Waals surface area contributed by atoms with Gasteiger partial charge in [0, 0.05) is 0 Å². The van der Waals surface area contributed by atoms with E-state index >= 15 is 0 Å². The summed E-state index contributed by atoms with van der Waals surface area (Å²) in [5.41, 5.74) is -0.516. The van der Waals surface area contributed by atoms with Crippen molar-refractivity contribution in [2.24, 2.45) is 0 Å². The van der Waals surface area contributed by atoms with Gasteiger partial charge in [0.15, 0.2) is 6.04 Å². The summed E-state index contributed by atoms with van der Waals surface area (Å²) in [7, 11) is 0. The Bertz CT molecular complexity index is 1170. The third kappa shape index (κ3) is 4.32. The van der Waals surface area contributed by atoms with Crippen LogP contribution in [0, 0.1) is 0 Å². The summed E-state index contributed by atoms with van der Waals surface area (Å²) < 4.78 is 0.886. The zero-order valence-corrected chi connectivity index (χ0v) is 16.5. The Morgan fingerprint density at radius 1 is 1.07 bits per heavy atom. The number of aromatic nitrogens is 2. The second kappa shape index (κ2) is 9.21. The van der Waals surface area contributed by atoms with Gasteiger partial charge in [-0.2, -0.15) is 0 Å². The minimum Gasteiger partial charge on any atom is -0.479 e. The lowest BCUT2D eigenvalue weighted by Crippen LogP contribution is -2.46. The third-order valence-corrected chi connectivity index (χ3v) is 4.95. The van der Waals surface area contributed by atoms with Gasteiger partial charge in [0.1, 0.15) is 6.04 Å². The maximum absolute atomic E-state index is 13.1. The highest BCUT2D eigenvalue weighted by Crippen LogP contribution is 2.18. The molecule has 1 heterocycles. The van der Waals surface area contributed by atoms with E-state index in [-0.39, 0.29) is 11.8 Å². The van der Waals surface area contributed by atoms with Crippen LogP contribution in [0.25, 0.3) is 10.9 Å². The Kier molecular flexibility index (Phi) is 6.46. The van der Waals surface area contributed by atoms with Gasteiger partial charge in [-0.25, -0.2) is 14.2 Å². The number of aromatic amines is 1. The summed E-state index contributed by atoms with van der Waals surface area (Å²) in [5.74, 6) is -1.92. The van der Waals surface area contributed by atoms with Gasteiger partial charge in [0.25, 0.3) is 5.56 Å². The Labute approximate surface area is 172 Å². The highest BCUT2D eigenvalue weighted by molar-refractivity contribution is 5.87. The molecule has 2 unspecified atom stereocenters. The third-order valence-electron chi connectivity index (χ3n) is 4.95. The molecule has 0 aliphatic carbocycles. The largest absolute Gasteiger partial charge is 0.479 e. The number of unbranched alkanes of at least 4 members (excludes halogenated alkanes) is 1. The van der Waals surface area contributed by atoms with Gasteiger partial charge in [0.05, 0.1) is 10.9 Å². The van der Waals surface area contributed by atoms with Crippen molar-refractivity contribution < 1.29 is 14.7 Å². The minimum absolute atomic E-state index is 0.227. The van der Waals surface area contributed by atoms with Crippen molar-refractivity contribution in [3.05, 3.63) is 81.0 Å². The van der Waals surface area contributed by atoms with Crippen molar-refractivity contribution in [2.75, 3.05) is 0 Å². The lowest BCUT2D eigenvalue weighted by Gasteiger charge is -2.22. The molecular formula is C22H23N3O5. The number of carboxylic acid groups (broad SMARTS) is 1. The van der Waals surface area contributed by atoms with Crippen molar-refractivity contribution in [1.29, 1.82) is 0 Å². The van der Waals surface area contributed by atoms with E-state index in [0.29, 0.717) is 17.5 Å². The molecule has 3 rings (SSSR count). The van der Waals surface area contributed by atoms with Gasteiger partial charge in [-0.05, 0) is 24.1 Å². The highest BCUT2D eigenvalue weighted by atomic mass is 16.4. The molecule has 3 aromatic rings. The molecule has 0 saturated heterocycles. The molecule has 30 heavy (non-hydrogen) atoms. The molecule has 8 nitrogen and oxygen atoms in total. The number of para-hydroxylation sites is 1. The molecule has 0 bridgehead atoms. The summed E-state index contributed by atoms with van der Waals surface area (Å²) in [6.07, 6.45) is 1.55. The van der Waals surface area contributed by atoms with E-state index in [2.05, 4.69) is 10.3 Å². The number of nitrogens with zero attached hydrogens (tertiary/aromatic N) is 1. The summed E-state index contributed by atoms with van der Waals surface area (Å²) >= 11 is 0. The fourth-order valence-electron chi connectivity index (χ4n) is 3.41. The summed E-state index contributed by atoms with van der Waals surface area (Å²) in [4.78, 5) is 53.1. The number of carboxylic acids is 1. The first kappa shape index (κ1) is 21.0. The van der Waals surface area contributed by atoms with Gasteiger partial charge in [-0.1, -0.05) is 62.2 Å². The van der Waals surface area contributed by atoms with Crippen LogP contribution in [0.5, 0.6) is 0 Å². The molecule has 1 aromatic heterocycles. The average Bonchev–Trinajstić information content (AvgIpc) is 2.74. The topological polar surface area (TPSA) is 121 Å². The van der Waals surface area contributed by atoms with Gasteiger partial charge in [-0.3, -0.25) is 9.59 Å². The van der Waals surface area contributed by atoms with E-state index in [0.717, 1.165) is 11.0 Å². The van der Waals surface area contributed by atoms with Crippen LogP contribution < -0.4 is 16.6 Å². The van der Waals surface area contributed by atoms with Crippen molar-refractivity contribution in [3.63, 3.8) is 0 Å². The van der Waals surface area contributed by atoms with Gasteiger partial charge >= 0.3 is 11.7 Å². The lowest BCUT2D eigenvalue weighted by atomic mass is 10.0. The zero-order chi connectivity index (χ0) is 21.7. The van der Waals surface area contributed by atoms with Crippen LogP contribution in [0.4, 0.5) is 0 Å². The van der Waals surface area contributed by atoms with E-state index < -0.39 is 35.2 Å². The number of amides is 1. The molecule has 8 heteroatoms. The average molecular weight is 409 g/mol. The Balaban J connectivity index is 2.03.